The van der Waals surface area contributed by atoms with Gasteiger partial charge < -0.3 is 24.8 Å². The van der Waals surface area contributed by atoms with Crippen molar-refractivity contribution in [3.8, 4) is 5.75 Å². The van der Waals surface area contributed by atoms with Gasteiger partial charge in [-0.3, -0.25) is 0 Å². The lowest BCUT2D eigenvalue weighted by Gasteiger charge is -2.29. The van der Waals surface area contributed by atoms with Gasteiger partial charge in [-0.2, -0.15) is 9.97 Å². The molecule has 3 aliphatic rings. The molecular formula is C29H36N6O. The van der Waals surface area contributed by atoms with Crippen LogP contribution < -0.4 is 19.9 Å². The number of rotatable bonds is 8. The molecule has 0 radical (unpaired) electrons. The van der Waals surface area contributed by atoms with E-state index in [0.29, 0.717) is 5.92 Å². The van der Waals surface area contributed by atoms with Crippen LogP contribution in [0.25, 0.3) is 0 Å². The Balaban J connectivity index is 1.22. The number of nitrogens with one attached hydrogen (secondary N) is 2. The lowest BCUT2D eigenvalue weighted by atomic mass is 10.0. The predicted octanol–water partition coefficient (Wildman–Crippen LogP) is 5.44. The monoisotopic (exact) mass is 484 g/mol. The summed E-state index contributed by atoms with van der Waals surface area (Å²) in [6.07, 6.45) is 14.0. The average molecular weight is 485 g/mol. The summed E-state index contributed by atoms with van der Waals surface area (Å²) in [5.41, 5.74) is 5.35. The molecular weight excluding hydrogens is 448 g/mol. The van der Waals surface area contributed by atoms with Crippen molar-refractivity contribution < 1.29 is 4.74 Å². The quantitative estimate of drug-likeness (QED) is 0.415. The Kier molecular flexibility index (Phi) is 6.30. The lowest BCUT2D eigenvalue weighted by Crippen LogP contribution is -2.31. The van der Waals surface area contributed by atoms with Crippen molar-refractivity contribution in [2.24, 2.45) is 5.92 Å². The van der Waals surface area contributed by atoms with Gasteiger partial charge in [0.05, 0.1) is 7.11 Å². The standard InChI is InChI=1S/C29H36N6O/c1-34(15-12-21-19-30-28-24(21)11-6-8-20-16-25(20)28)29-32-26(31-22-9-7-10-23(17-22)36-2)18-27(33-29)35-13-4-3-5-14-35/h6-10,17-20,25,30H,3-5,11-16H2,1-2H3,(H,31,32,33). The predicted molar refractivity (Wildman–Crippen MR) is 146 cm³/mol. The van der Waals surface area contributed by atoms with Crippen LogP contribution in [-0.4, -0.2) is 48.7 Å². The molecule has 0 bridgehead atoms. The number of likely N-dealkylation sites (N-methyl/N-ethyl adjacent to an activating group) is 1. The van der Waals surface area contributed by atoms with Gasteiger partial charge in [0.25, 0.3) is 0 Å². The van der Waals surface area contributed by atoms with E-state index in [9.17, 15) is 0 Å². The Labute approximate surface area is 213 Å². The van der Waals surface area contributed by atoms with Gasteiger partial charge in [0, 0.05) is 62.3 Å². The number of allylic oxidation sites excluding steroid dienone is 2. The zero-order chi connectivity index (χ0) is 24.5. The molecule has 2 fully saturated rings. The molecule has 3 aromatic rings. The van der Waals surface area contributed by atoms with E-state index in [-0.39, 0.29) is 0 Å². The van der Waals surface area contributed by atoms with E-state index in [1.165, 1.54) is 42.5 Å². The maximum Gasteiger partial charge on any atom is 0.229 e. The molecule has 0 amide bonds. The van der Waals surface area contributed by atoms with Crippen LogP contribution in [-0.2, 0) is 12.8 Å². The molecule has 2 aromatic heterocycles. The largest absolute Gasteiger partial charge is 0.497 e. The average Bonchev–Trinajstić information content (AvgIpc) is 3.61. The van der Waals surface area contributed by atoms with Gasteiger partial charge in [0.15, 0.2) is 0 Å². The lowest BCUT2D eigenvalue weighted by molar-refractivity contribution is 0.415. The maximum absolute atomic E-state index is 5.40. The molecule has 36 heavy (non-hydrogen) atoms. The molecule has 1 saturated heterocycles. The fraction of sp³-hybridized carbons (Fsp3) is 0.448. The van der Waals surface area contributed by atoms with Gasteiger partial charge in [-0.15, -0.1) is 0 Å². The van der Waals surface area contributed by atoms with Crippen molar-refractivity contribution in [2.45, 2.75) is 44.4 Å². The Morgan fingerprint density at radius 1 is 1.17 bits per heavy atom. The minimum Gasteiger partial charge on any atom is -0.497 e. The maximum atomic E-state index is 5.40. The first-order chi connectivity index (χ1) is 17.7. The summed E-state index contributed by atoms with van der Waals surface area (Å²) in [7, 11) is 3.79. The molecule has 6 rings (SSSR count). The Morgan fingerprint density at radius 3 is 2.92 bits per heavy atom. The van der Waals surface area contributed by atoms with Crippen LogP contribution in [0, 0.1) is 5.92 Å². The van der Waals surface area contributed by atoms with E-state index in [4.69, 9.17) is 14.7 Å². The van der Waals surface area contributed by atoms with E-state index in [0.717, 1.165) is 67.4 Å². The topological polar surface area (TPSA) is 69.3 Å². The third-order valence-electron chi connectivity index (χ3n) is 7.81. The molecule has 2 aliphatic carbocycles. The molecule has 188 valence electrons. The summed E-state index contributed by atoms with van der Waals surface area (Å²) in [6.45, 7) is 2.96. The van der Waals surface area contributed by atoms with Crippen LogP contribution in [0.4, 0.5) is 23.3 Å². The number of H-pyrrole nitrogens is 1. The first kappa shape index (κ1) is 23.0. The Bertz CT molecular complexity index is 1240. The molecule has 1 aliphatic heterocycles. The van der Waals surface area contributed by atoms with Crippen LogP contribution in [0.5, 0.6) is 5.75 Å². The van der Waals surface area contributed by atoms with E-state index in [2.05, 4.69) is 51.6 Å². The zero-order valence-corrected chi connectivity index (χ0v) is 21.3. The molecule has 2 atom stereocenters. The van der Waals surface area contributed by atoms with Crippen LogP contribution in [0.15, 0.2) is 48.7 Å². The highest BCUT2D eigenvalue weighted by molar-refractivity contribution is 5.63. The molecule has 7 heteroatoms. The molecule has 7 nitrogen and oxygen atoms in total. The van der Waals surface area contributed by atoms with Crippen molar-refractivity contribution in [3.63, 3.8) is 0 Å². The Morgan fingerprint density at radius 2 is 2.06 bits per heavy atom. The van der Waals surface area contributed by atoms with E-state index >= 15 is 0 Å². The number of anilines is 4. The third kappa shape index (κ3) is 4.79. The fourth-order valence-corrected chi connectivity index (χ4v) is 5.61. The second kappa shape index (κ2) is 9.88. The van der Waals surface area contributed by atoms with Gasteiger partial charge in [-0.25, -0.2) is 0 Å². The second-order valence-electron chi connectivity index (χ2n) is 10.3. The van der Waals surface area contributed by atoms with Gasteiger partial charge in [-0.1, -0.05) is 18.2 Å². The number of hydrogen-bond donors (Lipinski definition) is 2. The fourth-order valence-electron chi connectivity index (χ4n) is 5.61. The number of fused-ring (bicyclic) bond motifs is 3. The van der Waals surface area contributed by atoms with Crippen molar-refractivity contribution >= 4 is 23.3 Å². The normalized spacial score (nSPS) is 20.3. The summed E-state index contributed by atoms with van der Waals surface area (Å²) in [6, 6.07) is 10.0. The third-order valence-corrected chi connectivity index (χ3v) is 7.81. The minimum atomic E-state index is 0.708. The van der Waals surface area contributed by atoms with Crippen molar-refractivity contribution in [2.75, 3.05) is 48.9 Å². The highest BCUT2D eigenvalue weighted by Gasteiger charge is 2.40. The summed E-state index contributed by atoms with van der Waals surface area (Å²) in [5.74, 6) is 4.84. The highest BCUT2D eigenvalue weighted by Crippen LogP contribution is 2.51. The number of methoxy groups -OCH3 is 1. The molecule has 3 heterocycles. The van der Waals surface area contributed by atoms with Crippen LogP contribution in [0.2, 0.25) is 0 Å². The van der Waals surface area contributed by atoms with Crippen molar-refractivity contribution in [3.05, 3.63) is 65.5 Å². The van der Waals surface area contributed by atoms with Crippen LogP contribution in [0.1, 0.15) is 48.4 Å². The minimum absolute atomic E-state index is 0.708. The number of aromatic amines is 1. The second-order valence-corrected chi connectivity index (χ2v) is 10.3. The van der Waals surface area contributed by atoms with Gasteiger partial charge in [0.2, 0.25) is 5.95 Å². The van der Waals surface area contributed by atoms with Crippen molar-refractivity contribution in [1.29, 1.82) is 0 Å². The molecule has 0 spiro atoms. The SMILES string of the molecule is COc1cccc(Nc2cc(N3CCCCC3)nc(N(C)CCc3c[nH]c4c3CC=CC3CC43)n2)c1. The Hall–Kier alpha value is -3.48. The number of ether oxygens (including phenoxy) is 1. The zero-order valence-electron chi connectivity index (χ0n) is 21.3. The summed E-state index contributed by atoms with van der Waals surface area (Å²) >= 11 is 0. The number of aromatic nitrogens is 3. The summed E-state index contributed by atoms with van der Waals surface area (Å²) in [5, 5.41) is 3.48. The molecule has 1 saturated carbocycles. The van der Waals surface area contributed by atoms with Gasteiger partial charge >= 0.3 is 0 Å². The summed E-state index contributed by atoms with van der Waals surface area (Å²) < 4.78 is 5.40. The van der Waals surface area contributed by atoms with E-state index in [1.807, 2.05) is 24.3 Å². The number of nitrogens with zero attached hydrogens (tertiary/aromatic N) is 4. The van der Waals surface area contributed by atoms with Gasteiger partial charge in [-0.05, 0) is 67.7 Å². The first-order valence-electron chi connectivity index (χ1n) is 13.3. The molecule has 2 unspecified atom stereocenters. The number of piperidine rings is 1. The molecule has 1 aromatic carbocycles. The van der Waals surface area contributed by atoms with E-state index < -0.39 is 0 Å². The summed E-state index contributed by atoms with van der Waals surface area (Å²) in [4.78, 5) is 18.1. The van der Waals surface area contributed by atoms with Gasteiger partial charge in [0.1, 0.15) is 17.4 Å². The van der Waals surface area contributed by atoms with Crippen molar-refractivity contribution in [1.82, 2.24) is 15.0 Å². The van der Waals surface area contributed by atoms with Crippen LogP contribution >= 0.6 is 0 Å². The smallest absolute Gasteiger partial charge is 0.229 e. The first-order valence-corrected chi connectivity index (χ1v) is 13.3. The number of hydrogen-bond acceptors (Lipinski definition) is 6. The van der Waals surface area contributed by atoms with E-state index in [1.54, 1.807) is 7.11 Å². The molecule has 2 N–H and O–H groups in total. The van der Waals surface area contributed by atoms with Crippen LogP contribution in [0.3, 0.4) is 0 Å². The number of benzene rings is 1. The highest BCUT2D eigenvalue weighted by atomic mass is 16.5.